The first-order valence-electron chi connectivity index (χ1n) is 6.18. The smallest absolute Gasteiger partial charge is 0.338 e. The quantitative estimate of drug-likeness (QED) is 0.584. The van der Waals surface area contributed by atoms with Crippen molar-refractivity contribution in [2.75, 3.05) is 0 Å². The Morgan fingerprint density at radius 1 is 1.18 bits per heavy atom. The topological polar surface area (TPSA) is 26.3 Å². The summed E-state index contributed by atoms with van der Waals surface area (Å²) in [5, 5.41) is 0. The van der Waals surface area contributed by atoms with Gasteiger partial charge < -0.3 is 4.74 Å². The maximum atomic E-state index is 12.0. The van der Waals surface area contributed by atoms with E-state index in [0.29, 0.717) is 5.56 Å². The van der Waals surface area contributed by atoms with E-state index in [-0.39, 0.29) is 5.97 Å². The Bertz CT molecular complexity index is 389. The zero-order valence-electron chi connectivity index (χ0n) is 10.0. The molecule has 1 fully saturated rings. The van der Waals surface area contributed by atoms with E-state index in [0.717, 1.165) is 25.7 Å². The van der Waals surface area contributed by atoms with Crippen molar-refractivity contribution in [3.8, 4) is 0 Å². The summed E-state index contributed by atoms with van der Waals surface area (Å²) in [6.07, 6.45) is 7.03. The van der Waals surface area contributed by atoms with Gasteiger partial charge in [-0.1, -0.05) is 31.2 Å². The van der Waals surface area contributed by atoms with Gasteiger partial charge in [-0.3, -0.25) is 0 Å². The minimum atomic E-state index is -0.439. The highest BCUT2D eigenvalue weighted by molar-refractivity contribution is 5.89. The van der Waals surface area contributed by atoms with E-state index >= 15 is 0 Å². The molecule has 2 rings (SSSR count). The number of hydrogen-bond donors (Lipinski definition) is 0. The van der Waals surface area contributed by atoms with Crippen LogP contribution in [0, 0.1) is 0 Å². The fourth-order valence-corrected chi connectivity index (χ4v) is 2.32. The van der Waals surface area contributed by atoms with E-state index in [2.05, 4.69) is 6.58 Å². The van der Waals surface area contributed by atoms with Crippen LogP contribution in [0.15, 0.2) is 43.0 Å². The number of benzene rings is 1. The Kier molecular flexibility index (Phi) is 3.62. The Labute approximate surface area is 102 Å². The summed E-state index contributed by atoms with van der Waals surface area (Å²) >= 11 is 0. The number of esters is 1. The molecule has 2 nitrogen and oxygen atoms in total. The highest BCUT2D eigenvalue weighted by Gasteiger charge is 2.32. The molecule has 2 heteroatoms. The van der Waals surface area contributed by atoms with Gasteiger partial charge in [0.2, 0.25) is 0 Å². The zero-order valence-corrected chi connectivity index (χ0v) is 10.0. The summed E-state index contributed by atoms with van der Waals surface area (Å²) in [6.45, 7) is 3.83. The molecule has 0 bridgehead atoms. The molecule has 1 aliphatic carbocycles. The molecular weight excluding hydrogens is 212 g/mol. The third-order valence-electron chi connectivity index (χ3n) is 3.38. The number of rotatable bonds is 3. The van der Waals surface area contributed by atoms with Gasteiger partial charge in [-0.05, 0) is 43.9 Å². The first-order chi connectivity index (χ1) is 8.26. The predicted molar refractivity (Wildman–Crippen MR) is 67.9 cm³/mol. The van der Waals surface area contributed by atoms with Gasteiger partial charge in [-0.2, -0.15) is 0 Å². The lowest BCUT2D eigenvalue weighted by Crippen LogP contribution is -2.35. The lowest BCUT2D eigenvalue weighted by molar-refractivity contribution is -0.0112. The molecule has 0 aromatic heterocycles. The molecule has 0 unspecified atom stereocenters. The van der Waals surface area contributed by atoms with Crippen molar-refractivity contribution < 1.29 is 9.53 Å². The van der Waals surface area contributed by atoms with Gasteiger partial charge in [0.25, 0.3) is 0 Å². The van der Waals surface area contributed by atoms with Gasteiger partial charge in [0.1, 0.15) is 5.60 Å². The minimum Gasteiger partial charge on any atom is -0.451 e. The molecule has 0 aliphatic heterocycles. The average molecular weight is 230 g/mol. The maximum Gasteiger partial charge on any atom is 0.338 e. The highest BCUT2D eigenvalue weighted by atomic mass is 16.6. The first kappa shape index (κ1) is 11.9. The summed E-state index contributed by atoms with van der Waals surface area (Å²) in [5.74, 6) is -0.243. The van der Waals surface area contributed by atoms with Gasteiger partial charge in [-0.25, -0.2) is 4.79 Å². The summed E-state index contributed by atoms with van der Waals surface area (Å²) in [7, 11) is 0. The molecule has 0 amide bonds. The summed E-state index contributed by atoms with van der Waals surface area (Å²) in [6, 6.07) is 9.14. The summed E-state index contributed by atoms with van der Waals surface area (Å²) in [4.78, 5) is 12.0. The number of hydrogen-bond acceptors (Lipinski definition) is 2. The second-order valence-electron chi connectivity index (χ2n) is 4.59. The molecule has 1 aromatic rings. The Morgan fingerprint density at radius 3 is 2.41 bits per heavy atom. The minimum absolute atomic E-state index is 0.243. The molecule has 90 valence electrons. The van der Waals surface area contributed by atoms with E-state index in [1.807, 2.05) is 18.2 Å². The molecule has 1 aliphatic rings. The van der Waals surface area contributed by atoms with E-state index in [9.17, 15) is 4.79 Å². The van der Waals surface area contributed by atoms with E-state index in [4.69, 9.17) is 4.74 Å². The molecule has 0 N–H and O–H groups in total. The van der Waals surface area contributed by atoms with Crippen molar-refractivity contribution in [3.05, 3.63) is 48.6 Å². The Balaban J connectivity index is 2.09. The Morgan fingerprint density at radius 2 is 1.82 bits per heavy atom. The van der Waals surface area contributed by atoms with Crippen LogP contribution in [0.25, 0.3) is 0 Å². The van der Waals surface area contributed by atoms with Crippen LogP contribution >= 0.6 is 0 Å². The third-order valence-corrected chi connectivity index (χ3v) is 3.38. The Hall–Kier alpha value is -1.57. The second-order valence-corrected chi connectivity index (χ2v) is 4.59. The van der Waals surface area contributed by atoms with Crippen LogP contribution in [0.5, 0.6) is 0 Å². The molecular formula is C15H18O2. The van der Waals surface area contributed by atoms with Crippen molar-refractivity contribution in [2.24, 2.45) is 0 Å². The third kappa shape index (κ3) is 2.76. The van der Waals surface area contributed by atoms with Gasteiger partial charge in [0, 0.05) is 0 Å². The van der Waals surface area contributed by atoms with Crippen LogP contribution in [0.2, 0.25) is 0 Å². The van der Waals surface area contributed by atoms with Gasteiger partial charge in [-0.15, -0.1) is 0 Å². The van der Waals surface area contributed by atoms with E-state index < -0.39 is 5.60 Å². The van der Waals surface area contributed by atoms with E-state index in [1.54, 1.807) is 18.2 Å². The van der Waals surface area contributed by atoms with Gasteiger partial charge in [0.05, 0.1) is 5.56 Å². The highest BCUT2D eigenvalue weighted by Crippen LogP contribution is 2.33. The molecule has 0 saturated heterocycles. The van der Waals surface area contributed by atoms with Crippen molar-refractivity contribution in [3.63, 3.8) is 0 Å². The van der Waals surface area contributed by atoms with Crippen molar-refractivity contribution >= 4 is 5.97 Å². The normalized spacial score (nSPS) is 18.4. The molecule has 0 spiro atoms. The van der Waals surface area contributed by atoms with Crippen LogP contribution in [-0.2, 0) is 4.74 Å². The van der Waals surface area contributed by atoms with Crippen LogP contribution < -0.4 is 0 Å². The number of carbonyl (C=O) groups is 1. The standard InChI is InChI=1S/C15H18O2/c1-2-15(11-7-4-8-12-15)17-14(16)13-9-5-3-6-10-13/h2-3,5-6,9-10H,1,4,7-8,11-12H2. The van der Waals surface area contributed by atoms with Crippen LogP contribution in [-0.4, -0.2) is 11.6 Å². The largest absolute Gasteiger partial charge is 0.451 e. The zero-order chi connectivity index (χ0) is 12.1. The van der Waals surface area contributed by atoms with Crippen LogP contribution in [0.4, 0.5) is 0 Å². The summed E-state index contributed by atoms with van der Waals surface area (Å²) < 4.78 is 5.66. The van der Waals surface area contributed by atoms with Gasteiger partial charge >= 0.3 is 5.97 Å². The molecule has 1 aromatic carbocycles. The van der Waals surface area contributed by atoms with Gasteiger partial charge in [0.15, 0.2) is 0 Å². The SMILES string of the molecule is C=CC1(OC(=O)c2ccccc2)CCCCC1. The average Bonchev–Trinajstić information content (AvgIpc) is 2.41. The molecule has 0 heterocycles. The van der Waals surface area contributed by atoms with Crippen LogP contribution in [0.1, 0.15) is 42.5 Å². The van der Waals surface area contributed by atoms with E-state index in [1.165, 1.54) is 6.42 Å². The fourth-order valence-electron chi connectivity index (χ4n) is 2.32. The molecule has 17 heavy (non-hydrogen) atoms. The lowest BCUT2D eigenvalue weighted by atomic mass is 9.84. The van der Waals surface area contributed by atoms with Crippen molar-refractivity contribution in [1.29, 1.82) is 0 Å². The number of ether oxygens (including phenoxy) is 1. The van der Waals surface area contributed by atoms with Crippen molar-refractivity contribution in [2.45, 2.75) is 37.7 Å². The lowest BCUT2D eigenvalue weighted by Gasteiger charge is -2.33. The summed E-state index contributed by atoms with van der Waals surface area (Å²) in [5.41, 5.74) is 0.171. The number of carbonyl (C=O) groups excluding carboxylic acids is 1. The van der Waals surface area contributed by atoms with Crippen LogP contribution in [0.3, 0.4) is 0 Å². The van der Waals surface area contributed by atoms with Crippen molar-refractivity contribution in [1.82, 2.24) is 0 Å². The first-order valence-corrected chi connectivity index (χ1v) is 6.18. The monoisotopic (exact) mass is 230 g/mol. The molecule has 0 radical (unpaired) electrons. The second kappa shape index (κ2) is 5.17. The fraction of sp³-hybridized carbons (Fsp3) is 0.400. The maximum absolute atomic E-state index is 12.0. The predicted octanol–water partition coefficient (Wildman–Crippen LogP) is 3.73. The molecule has 1 saturated carbocycles. The molecule has 0 atom stereocenters.